The summed E-state index contributed by atoms with van der Waals surface area (Å²) in [6, 6.07) is 14.2. The van der Waals surface area contributed by atoms with Gasteiger partial charge in [0.05, 0.1) is 4.90 Å². The minimum Gasteiger partial charge on any atom is -0.508 e. The predicted octanol–water partition coefficient (Wildman–Crippen LogP) is 3.27. The van der Waals surface area contributed by atoms with E-state index in [0.717, 1.165) is 11.1 Å². The number of phenols is 1. The molecule has 1 unspecified atom stereocenters. The summed E-state index contributed by atoms with van der Waals surface area (Å²) in [6.45, 7) is 7.24. The Morgan fingerprint density at radius 1 is 1.08 bits per heavy atom. The Morgan fingerprint density at radius 3 is 2.28 bits per heavy atom. The maximum absolute atomic E-state index is 12.5. The Hall–Kier alpha value is -1.89. The lowest BCUT2D eigenvalue weighted by atomic mass is 10.1. The van der Waals surface area contributed by atoms with Gasteiger partial charge < -0.3 is 10.4 Å². The van der Waals surface area contributed by atoms with Crippen LogP contribution in [0.5, 0.6) is 5.75 Å². The first kappa shape index (κ1) is 19.4. The van der Waals surface area contributed by atoms with E-state index in [2.05, 4.69) is 5.32 Å². The van der Waals surface area contributed by atoms with E-state index in [0.29, 0.717) is 24.5 Å². The van der Waals surface area contributed by atoms with E-state index in [1.54, 1.807) is 24.3 Å². The lowest BCUT2D eigenvalue weighted by Gasteiger charge is -2.19. The number of benzene rings is 2. The highest BCUT2D eigenvalue weighted by atomic mass is 32.2. The number of nitrogens with zero attached hydrogens (tertiary/aromatic N) is 1. The summed E-state index contributed by atoms with van der Waals surface area (Å²) in [5, 5.41) is 12.9. The second-order valence-electron chi connectivity index (χ2n) is 5.93. The number of nitrogens with one attached hydrogen (secondary N) is 1. The van der Waals surface area contributed by atoms with Crippen LogP contribution in [0.1, 0.15) is 37.9 Å². The standard InChI is InChI=1S/C19H26N2O3S/c1-4-21(5-2)25(23,24)19-11-9-17(10-12-19)15(3)20-14-16-7-6-8-18(22)13-16/h6-13,15,20,22H,4-5,14H2,1-3H3. The molecular weight excluding hydrogens is 336 g/mol. The molecule has 2 rings (SSSR count). The number of rotatable bonds is 8. The summed E-state index contributed by atoms with van der Waals surface area (Å²) in [4.78, 5) is 0.320. The van der Waals surface area contributed by atoms with E-state index in [1.165, 1.54) is 4.31 Å². The Labute approximate surface area is 150 Å². The highest BCUT2D eigenvalue weighted by Gasteiger charge is 2.21. The molecule has 0 spiro atoms. The molecule has 1 atom stereocenters. The molecule has 6 heteroatoms. The van der Waals surface area contributed by atoms with E-state index in [-0.39, 0.29) is 11.8 Å². The molecule has 25 heavy (non-hydrogen) atoms. The topological polar surface area (TPSA) is 69.6 Å². The minimum atomic E-state index is -3.42. The van der Waals surface area contributed by atoms with Gasteiger partial charge in [-0.05, 0) is 42.3 Å². The number of phenolic OH excluding ortho intramolecular Hbond substituents is 1. The van der Waals surface area contributed by atoms with Crippen LogP contribution < -0.4 is 5.32 Å². The molecule has 0 heterocycles. The molecule has 2 aromatic carbocycles. The summed E-state index contributed by atoms with van der Waals surface area (Å²) >= 11 is 0. The van der Waals surface area contributed by atoms with Gasteiger partial charge in [0, 0.05) is 25.7 Å². The fourth-order valence-corrected chi connectivity index (χ4v) is 4.15. The van der Waals surface area contributed by atoms with Gasteiger partial charge in [0.25, 0.3) is 0 Å². The van der Waals surface area contributed by atoms with Crippen LogP contribution in [-0.2, 0) is 16.6 Å². The van der Waals surface area contributed by atoms with E-state index in [1.807, 2.05) is 45.0 Å². The second kappa shape index (κ2) is 8.47. The third-order valence-electron chi connectivity index (χ3n) is 4.25. The minimum absolute atomic E-state index is 0.0626. The molecule has 0 aliphatic rings. The van der Waals surface area contributed by atoms with Crippen molar-refractivity contribution >= 4 is 10.0 Å². The van der Waals surface area contributed by atoms with Crippen molar-refractivity contribution in [3.63, 3.8) is 0 Å². The van der Waals surface area contributed by atoms with Crippen molar-refractivity contribution in [3.05, 3.63) is 59.7 Å². The average Bonchev–Trinajstić information content (AvgIpc) is 2.60. The Balaban J connectivity index is 2.06. The first-order valence-electron chi connectivity index (χ1n) is 8.49. The third kappa shape index (κ3) is 4.81. The van der Waals surface area contributed by atoms with Crippen molar-refractivity contribution in [1.82, 2.24) is 9.62 Å². The Kier molecular flexibility index (Phi) is 6.58. The van der Waals surface area contributed by atoms with Gasteiger partial charge in [-0.2, -0.15) is 4.31 Å². The summed E-state index contributed by atoms with van der Waals surface area (Å²) in [7, 11) is -3.42. The van der Waals surface area contributed by atoms with Crippen molar-refractivity contribution in [1.29, 1.82) is 0 Å². The van der Waals surface area contributed by atoms with Crippen LogP contribution in [0, 0.1) is 0 Å². The highest BCUT2D eigenvalue weighted by molar-refractivity contribution is 7.89. The van der Waals surface area contributed by atoms with Gasteiger partial charge in [-0.15, -0.1) is 0 Å². The molecular formula is C19H26N2O3S. The van der Waals surface area contributed by atoms with Gasteiger partial charge in [-0.3, -0.25) is 0 Å². The van der Waals surface area contributed by atoms with Gasteiger partial charge in [-0.25, -0.2) is 8.42 Å². The number of sulfonamides is 1. The molecule has 0 fully saturated rings. The summed E-state index contributed by atoms with van der Waals surface area (Å²) in [5.41, 5.74) is 2.01. The molecule has 0 amide bonds. The van der Waals surface area contributed by atoms with Crippen LogP contribution in [0.25, 0.3) is 0 Å². The largest absolute Gasteiger partial charge is 0.508 e. The first-order valence-corrected chi connectivity index (χ1v) is 9.93. The van der Waals surface area contributed by atoms with Gasteiger partial charge in [0.1, 0.15) is 5.75 Å². The van der Waals surface area contributed by atoms with Gasteiger partial charge >= 0.3 is 0 Å². The monoisotopic (exact) mass is 362 g/mol. The number of aromatic hydroxyl groups is 1. The van der Waals surface area contributed by atoms with E-state index >= 15 is 0 Å². The lowest BCUT2D eigenvalue weighted by Crippen LogP contribution is -2.30. The zero-order valence-electron chi connectivity index (χ0n) is 14.9. The molecule has 136 valence electrons. The fraction of sp³-hybridized carbons (Fsp3) is 0.368. The highest BCUT2D eigenvalue weighted by Crippen LogP contribution is 2.20. The Bertz CT molecular complexity index is 785. The van der Waals surface area contributed by atoms with Crippen molar-refractivity contribution in [3.8, 4) is 5.75 Å². The quantitative estimate of drug-likeness (QED) is 0.756. The molecule has 5 nitrogen and oxygen atoms in total. The molecule has 0 saturated heterocycles. The first-order chi connectivity index (χ1) is 11.9. The van der Waals surface area contributed by atoms with E-state index in [9.17, 15) is 13.5 Å². The van der Waals surface area contributed by atoms with Gasteiger partial charge in [-0.1, -0.05) is 38.1 Å². The lowest BCUT2D eigenvalue weighted by molar-refractivity contribution is 0.445. The predicted molar refractivity (Wildman–Crippen MR) is 99.9 cm³/mol. The van der Waals surface area contributed by atoms with Crippen LogP contribution in [0.15, 0.2) is 53.4 Å². The molecule has 0 radical (unpaired) electrons. The van der Waals surface area contributed by atoms with Crippen LogP contribution in [-0.4, -0.2) is 30.9 Å². The Morgan fingerprint density at radius 2 is 1.72 bits per heavy atom. The molecule has 0 aromatic heterocycles. The molecule has 2 aromatic rings. The van der Waals surface area contributed by atoms with Crippen molar-refractivity contribution in [2.75, 3.05) is 13.1 Å². The van der Waals surface area contributed by atoms with Gasteiger partial charge in [0.2, 0.25) is 10.0 Å². The summed E-state index contributed by atoms with van der Waals surface area (Å²) in [6.07, 6.45) is 0. The smallest absolute Gasteiger partial charge is 0.243 e. The fourth-order valence-electron chi connectivity index (χ4n) is 2.70. The number of hydrogen-bond donors (Lipinski definition) is 2. The molecule has 0 bridgehead atoms. The SMILES string of the molecule is CCN(CC)S(=O)(=O)c1ccc(C(C)NCc2cccc(O)c2)cc1. The van der Waals surface area contributed by atoms with E-state index in [4.69, 9.17) is 0 Å². The second-order valence-corrected chi connectivity index (χ2v) is 7.87. The normalized spacial score (nSPS) is 13.1. The molecule has 2 N–H and O–H groups in total. The maximum atomic E-state index is 12.5. The van der Waals surface area contributed by atoms with Crippen molar-refractivity contribution in [2.24, 2.45) is 0 Å². The molecule has 0 aliphatic heterocycles. The van der Waals surface area contributed by atoms with E-state index < -0.39 is 10.0 Å². The zero-order chi connectivity index (χ0) is 18.4. The van der Waals surface area contributed by atoms with Gasteiger partial charge in [0.15, 0.2) is 0 Å². The zero-order valence-corrected chi connectivity index (χ0v) is 15.8. The summed E-state index contributed by atoms with van der Waals surface area (Å²) in [5.74, 6) is 0.248. The van der Waals surface area contributed by atoms with Crippen molar-refractivity contribution in [2.45, 2.75) is 38.3 Å². The number of hydrogen-bond acceptors (Lipinski definition) is 4. The van der Waals surface area contributed by atoms with Crippen LogP contribution in [0.4, 0.5) is 0 Å². The van der Waals surface area contributed by atoms with Crippen LogP contribution in [0.3, 0.4) is 0 Å². The maximum Gasteiger partial charge on any atom is 0.243 e. The van der Waals surface area contributed by atoms with Crippen LogP contribution >= 0.6 is 0 Å². The molecule has 0 saturated carbocycles. The summed E-state index contributed by atoms with van der Waals surface area (Å²) < 4.78 is 26.5. The average molecular weight is 362 g/mol. The van der Waals surface area contributed by atoms with Crippen molar-refractivity contribution < 1.29 is 13.5 Å². The molecule has 0 aliphatic carbocycles. The third-order valence-corrected chi connectivity index (χ3v) is 6.31. The van der Waals surface area contributed by atoms with Crippen LogP contribution in [0.2, 0.25) is 0 Å².